The van der Waals surface area contributed by atoms with Crippen molar-refractivity contribution in [3.8, 4) is 0 Å². The lowest BCUT2D eigenvalue weighted by atomic mass is 9.92. The molecular formula is C14H16BrFN2S. The monoisotopic (exact) mass is 342 g/mol. The number of halogens is 2. The van der Waals surface area contributed by atoms with E-state index in [-0.39, 0.29) is 5.82 Å². The first-order chi connectivity index (χ1) is 9.22. The van der Waals surface area contributed by atoms with Gasteiger partial charge in [0.05, 0.1) is 12.1 Å². The number of fused-ring (bicyclic) bond motifs is 1. The Hall–Kier alpha value is -0.550. The molecule has 1 aliphatic carbocycles. The van der Waals surface area contributed by atoms with Crippen molar-refractivity contribution in [2.45, 2.75) is 43.5 Å². The summed E-state index contributed by atoms with van der Waals surface area (Å²) in [5.74, 6) is 0.606. The highest BCUT2D eigenvalue weighted by Gasteiger charge is 2.30. The van der Waals surface area contributed by atoms with Crippen LogP contribution in [0.5, 0.6) is 0 Å². The molecule has 2 nitrogen and oxygen atoms in total. The molecule has 1 aromatic rings. The Morgan fingerprint density at radius 1 is 1.37 bits per heavy atom. The van der Waals surface area contributed by atoms with E-state index in [9.17, 15) is 4.39 Å². The highest BCUT2D eigenvalue weighted by atomic mass is 79.9. The van der Waals surface area contributed by atoms with Crippen molar-refractivity contribution in [1.29, 1.82) is 0 Å². The van der Waals surface area contributed by atoms with E-state index < -0.39 is 0 Å². The predicted octanol–water partition coefficient (Wildman–Crippen LogP) is 4.09. The van der Waals surface area contributed by atoms with Crippen LogP contribution in [-0.2, 0) is 5.75 Å². The zero-order valence-corrected chi connectivity index (χ0v) is 12.9. The van der Waals surface area contributed by atoms with Gasteiger partial charge >= 0.3 is 0 Å². The summed E-state index contributed by atoms with van der Waals surface area (Å²) in [6.07, 6.45) is 5.05. The SMILES string of the molecule is Fc1ccc(CSC2=N[C@@H]3CCCC[C@H]3N2)c(Br)c1. The summed E-state index contributed by atoms with van der Waals surface area (Å²) < 4.78 is 13.8. The zero-order valence-electron chi connectivity index (χ0n) is 10.5. The van der Waals surface area contributed by atoms with Crippen molar-refractivity contribution in [2.24, 2.45) is 4.99 Å². The van der Waals surface area contributed by atoms with Crippen LogP contribution in [0.4, 0.5) is 4.39 Å². The fourth-order valence-electron chi connectivity index (χ4n) is 2.64. The maximum Gasteiger partial charge on any atom is 0.157 e. The molecule has 3 rings (SSSR count). The fourth-order valence-corrected chi connectivity index (χ4v) is 4.31. The Bertz CT molecular complexity index is 506. The first kappa shape index (κ1) is 13.4. The second kappa shape index (κ2) is 5.83. The van der Waals surface area contributed by atoms with E-state index in [0.717, 1.165) is 21.0 Å². The minimum Gasteiger partial charge on any atom is -0.360 e. The molecule has 0 aromatic heterocycles. The van der Waals surface area contributed by atoms with Crippen LogP contribution < -0.4 is 5.32 Å². The van der Waals surface area contributed by atoms with E-state index in [4.69, 9.17) is 4.99 Å². The highest BCUT2D eigenvalue weighted by Crippen LogP contribution is 2.29. The van der Waals surface area contributed by atoms with Crippen LogP contribution in [0.3, 0.4) is 0 Å². The van der Waals surface area contributed by atoms with Crippen LogP contribution in [0, 0.1) is 5.82 Å². The lowest BCUT2D eigenvalue weighted by Crippen LogP contribution is -2.36. The number of amidine groups is 1. The molecule has 19 heavy (non-hydrogen) atoms. The number of hydrogen-bond donors (Lipinski definition) is 1. The molecule has 1 heterocycles. The van der Waals surface area contributed by atoms with Crippen molar-refractivity contribution in [1.82, 2.24) is 5.32 Å². The van der Waals surface area contributed by atoms with Gasteiger partial charge in [0.15, 0.2) is 5.17 Å². The molecule has 2 aliphatic rings. The van der Waals surface area contributed by atoms with Crippen molar-refractivity contribution in [3.05, 3.63) is 34.1 Å². The lowest BCUT2D eigenvalue weighted by Gasteiger charge is -2.23. The van der Waals surface area contributed by atoms with E-state index >= 15 is 0 Å². The molecule has 1 aliphatic heterocycles. The van der Waals surface area contributed by atoms with Gasteiger partial charge in [-0.3, -0.25) is 4.99 Å². The molecule has 0 unspecified atom stereocenters. The minimum absolute atomic E-state index is 0.206. The summed E-state index contributed by atoms with van der Waals surface area (Å²) in [6, 6.07) is 5.87. The first-order valence-corrected chi connectivity index (χ1v) is 8.41. The Morgan fingerprint density at radius 2 is 2.21 bits per heavy atom. The molecule has 1 fully saturated rings. The van der Waals surface area contributed by atoms with Crippen molar-refractivity contribution >= 4 is 32.9 Å². The molecule has 5 heteroatoms. The second-order valence-electron chi connectivity index (χ2n) is 5.06. The molecule has 0 saturated heterocycles. The average Bonchev–Trinajstić information content (AvgIpc) is 2.80. The van der Waals surface area contributed by atoms with Gasteiger partial charge in [-0.1, -0.05) is 46.6 Å². The maximum atomic E-state index is 13.0. The van der Waals surface area contributed by atoms with Gasteiger partial charge in [0.2, 0.25) is 0 Å². The lowest BCUT2D eigenvalue weighted by molar-refractivity contribution is 0.385. The smallest absolute Gasteiger partial charge is 0.157 e. The molecule has 0 spiro atoms. The molecule has 1 aromatic carbocycles. The van der Waals surface area contributed by atoms with Crippen LogP contribution in [0.2, 0.25) is 0 Å². The highest BCUT2D eigenvalue weighted by molar-refractivity contribution is 9.10. The summed E-state index contributed by atoms with van der Waals surface area (Å²) in [5, 5.41) is 4.57. The number of nitrogens with zero attached hydrogens (tertiary/aromatic N) is 1. The maximum absolute atomic E-state index is 13.0. The van der Waals surface area contributed by atoms with Gasteiger partial charge in [-0.2, -0.15) is 0 Å². The van der Waals surface area contributed by atoms with Crippen molar-refractivity contribution < 1.29 is 4.39 Å². The molecule has 1 N–H and O–H groups in total. The Balaban J connectivity index is 1.60. The summed E-state index contributed by atoms with van der Waals surface area (Å²) in [5.41, 5.74) is 1.10. The van der Waals surface area contributed by atoms with Crippen LogP contribution >= 0.6 is 27.7 Å². The fraction of sp³-hybridized carbons (Fsp3) is 0.500. The minimum atomic E-state index is -0.206. The van der Waals surface area contributed by atoms with E-state index in [1.807, 2.05) is 6.07 Å². The largest absolute Gasteiger partial charge is 0.360 e. The summed E-state index contributed by atoms with van der Waals surface area (Å²) in [4.78, 5) is 4.75. The van der Waals surface area contributed by atoms with Crippen LogP contribution in [0.25, 0.3) is 0 Å². The van der Waals surface area contributed by atoms with Gasteiger partial charge < -0.3 is 5.32 Å². The summed E-state index contributed by atoms with van der Waals surface area (Å²) in [6.45, 7) is 0. The Kier molecular flexibility index (Phi) is 4.12. The van der Waals surface area contributed by atoms with E-state index in [1.54, 1.807) is 11.8 Å². The molecule has 0 bridgehead atoms. The Morgan fingerprint density at radius 3 is 3.00 bits per heavy atom. The van der Waals surface area contributed by atoms with Gasteiger partial charge in [0, 0.05) is 10.2 Å². The molecule has 1 saturated carbocycles. The predicted molar refractivity (Wildman–Crippen MR) is 82.0 cm³/mol. The summed E-state index contributed by atoms with van der Waals surface area (Å²) >= 11 is 5.11. The number of rotatable bonds is 2. The van der Waals surface area contributed by atoms with Crippen molar-refractivity contribution in [2.75, 3.05) is 0 Å². The second-order valence-corrected chi connectivity index (χ2v) is 6.88. The average molecular weight is 343 g/mol. The topological polar surface area (TPSA) is 24.4 Å². The Labute approximate surface area is 125 Å². The number of aliphatic imine (C=N–C) groups is 1. The third-order valence-corrected chi connectivity index (χ3v) is 5.39. The summed E-state index contributed by atoms with van der Waals surface area (Å²) in [7, 11) is 0. The van der Waals surface area contributed by atoms with Gasteiger partial charge in [0.25, 0.3) is 0 Å². The van der Waals surface area contributed by atoms with E-state index in [0.29, 0.717) is 12.1 Å². The van der Waals surface area contributed by atoms with Crippen LogP contribution in [0.15, 0.2) is 27.7 Å². The first-order valence-electron chi connectivity index (χ1n) is 6.63. The van der Waals surface area contributed by atoms with Gasteiger partial charge in [-0.15, -0.1) is 0 Å². The molecule has 102 valence electrons. The van der Waals surface area contributed by atoms with Gasteiger partial charge in [-0.25, -0.2) is 4.39 Å². The molecule has 2 atom stereocenters. The third kappa shape index (κ3) is 3.14. The van der Waals surface area contributed by atoms with Gasteiger partial charge in [-0.05, 0) is 30.5 Å². The van der Waals surface area contributed by atoms with Crippen molar-refractivity contribution in [3.63, 3.8) is 0 Å². The third-order valence-electron chi connectivity index (χ3n) is 3.70. The molecule has 0 radical (unpaired) electrons. The number of thioether (sulfide) groups is 1. The van der Waals surface area contributed by atoms with Crippen LogP contribution in [-0.4, -0.2) is 17.3 Å². The van der Waals surface area contributed by atoms with E-state index in [2.05, 4.69) is 21.2 Å². The standard InChI is InChI=1S/C14H16BrFN2S/c15-11-7-10(16)6-5-9(11)8-19-14-17-12-3-1-2-4-13(12)18-14/h5-7,12-13H,1-4,8H2,(H,17,18)/t12-,13-/m1/s1. The zero-order chi connectivity index (χ0) is 13.2. The quantitative estimate of drug-likeness (QED) is 0.875. The van der Waals surface area contributed by atoms with Crippen LogP contribution in [0.1, 0.15) is 31.2 Å². The molecular weight excluding hydrogens is 327 g/mol. The van der Waals surface area contributed by atoms with E-state index in [1.165, 1.54) is 37.8 Å². The number of benzene rings is 1. The van der Waals surface area contributed by atoms with Gasteiger partial charge in [0.1, 0.15) is 5.82 Å². The number of hydrogen-bond acceptors (Lipinski definition) is 3. The normalized spacial score (nSPS) is 25.7. The molecule has 0 amide bonds. The number of nitrogens with one attached hydrogen (secondary N) is 1.